The summed E-state index contributed by atoms with van der Waals surface area (Å²) >= 11 is 0. The van der Waals surface area contributed by atoms with Gasteiger partial charge in [0.2, 0.25) is 5.96 Å². The number of guanidine groups is 1. The van der Waals surface area contributed by atoms with Crippen LogP contribution in [0.5, 0.6) is 0 Å². The van der Waals surface area contributed by atoms with Crippen molar-refractivity contribution in [1.82, 2.24) is 10.7 Å². The van der Waals surface area contributed by atoms with Crippen LogP contribution in [0, 0.1) is 0 Å². The smallest absolute Gasteiger partial charge is 0.257 e. The van der Waals surface area contributed by atoms with E-state index in [-0.39, 0.29) is 5.96 Å². The van der Waals surface area contributed by atoms with Crippen molar-refractivity contribution in [1.29, 1.82) is 0 Å². The van der Waals surface area contributed by atoms with E-state index in [1.54, 1.807) is 0 Å². The minimum absolute atomic E-state index is 0.188. The zero-order valence-corrected chi connectivity index (χ0v) is 6.27. The Labute approximate surface area is 63.8 Å². The highest BCUT2D eigenvalue weighted by atomic mass is 19.3. The Morgan fingerprint density at radius 1 is 1.64 bits per heavy atom. The first-order chi connectivity index (χ1) is 5.20. The second-order valence-electron chi connectivity index (χ2n) is 1.76. The van der Waals surface area contributed by atoms with Crippen LogP contribution in [0.2, 0.25) is 0 Å². The average molecular weight is 166 g/mol. The van der Waals surface area contributed by atoms with Gasteiger partial charge in [-0.05, 0) is 6.92 Å². The molecule has 11 heavy (non-hydrogen) atoms. The number of aliphatic imine (C=N–C) groups is 1. The predicted octanol–water partition coefficient (Wildman–Crippen LogP) is -0.320. The summed E-state index contributed by atoms with van der Waals surface area (Å²) in [6.07, 6.45) is -2.43. The van der Waals surface area contributed by atoms with Gasteiger partial charge in [-0.25, -0.2) is 19.6 Å². The van der Waals surface area contributed by atoms with Crippen molar-refractivity contribution in [3.05, 3.63) is 0 Å². The van der Waals surface area contributed by atoms with Crippen molar-refractivity contribution in [3.63, 3.8) is 0 Å². The predicted molar refractivity (Wildman–Crippen MR) is 39.3 cm³/mol. The normalized spacial score (nSPS) is 11.9. The summed E-state index contributed by atoms with van der Waals surface area (Å²) in [6.45, 7) is 1.87. The Balaban J connectivity index is 3.70. The van der Waals surface area contributed by atoms with Gasteiger partial charge in [0.25, 0.3) is 6.43 Å². The molecule has 4 N–H and O–H groups in total. The third-order valence-corrected chi connectivity index (χ3v) is 0.868. The first kappa shape index (κ1) is 10.1. The van der Waals surface area contributed by atoms with Crippen LogP contribution in [-0.4, -0.2) is 25.5 Å². The SMILES string of the molecule is CCNC(=NCC(F)F)NN. The molecule has 0 fully saturated rings. The highest BCUT2D eigenvalue weighted by Gasteiger charge is 2.00. The van der Waals surface area contributed by atoms with E-state index in [0.717, 1.165) is 0 Å². The first-order valence-corrected chi connectivity index (χ1v) is 3.23. The van der Waals surface area contributed by atoms with E-state index >= 15 is 0 Å². The van der Waals surface area contributed by atoms with Crippen molar-refractivity contribution < 1.29 is 8.78 Å². The van der Waals surface area contributed by atoms with Gasteiger partial charge in [0, 0.05) is 6.54 Å². The summed E-state index contributed by atoms with van der Waals surface area (Å²) < 4.78 is 23.1. The Morgan fingerprint density at radius 2 is 2.27 bits per heavy atom. The molecule has 0 atom stereocenters. The minimum Gasteiger partial charge on any atom is -0.356 e. The number of nitrogens with one attached hydrogen (secondary N) is 2. The summed E-state index contributed by atoms with van der Waals surface area (Å²) in [5.74, 6) is 5.14. The topological polar surface area (TPSA) is 62.4 Å². The summed E-state index contributed by atoms with van der Waals surface area (Å²) in [4.78, 5) is 3.45. The molecule has 0 aliphatic carbocycles. The van der Waals surface area contributed by atoms with Crippen molar-refractivity contribution in [2.75, 3.05) is 13.1 Å². The molecule has 0 bridgehead atoms. The molecule has 66 valence electrons. The van der Waals surface area contributed by atoms with Crippen LogP contribution in [0.25, 0.3) is 0 Å². The van der Waals surface area contributed by atoms with E-state index in [9.17, 15) is 8.78 Å². The lowest BCUT2D eigenvalue weighted by atomic mass is 10.7. The fourth-order valence-corrected chi connectivity index (χ4v) is 0.480. The Kier molecular flexibility index (Phi) is 5.36. The maximum absolute atomic E-state index is 11.6. The van der Waals surface area contributed by atoms with Crippen LogP contribution in [0.15, 0.2) is 4.99 Å². The number of alkyl halides is 2. The second kappa shape index (κ2) is 5.84. The average Bonchev–Trinajstić information content (AvgIpc) is 1.97. The molecular formula is C5H12F2N4. The molecular weight excluding hydrogens is 154 g/mol. The van der Waals surface area contributed by atoms with Gasteiger partial charge >= 0.3 is 0 Å². The molecule has 0 unspecified atom stereocenters. The molecule has 0 aromatic rings. The van der Waals surface area contributed by atoms with E-state index in [1.807, 2.05) is 6.92 Å². The number of rotatable bonds is 3. The molecule has 0 aliphatic rings. The van der Waals surface area contributed by atoms with E-state index in [2.05, 4.69) is 15.7 Å². The Hall–Kier alpha value is -0.910. The number of halogens is 2. The summed E-state index contributed by atoms with van der Waals surface area (Å²) in [6, 6.07) is 0. The molecule has 0 aromatic heterocycles. The lowest BCUT2D eigenvalue weighted by Crippen LogP contribution is -2.41. The van der Waals surface area contributed by atoms with Gasteiger partial charge in [-0.3, -0.25) is 5.43 Å². The maximum atomic E-state index is 11.6. The standard InChI is InChI=1S/C5H12F2N4/c1-2-9-5(11-8)10-3-4(6)7/h4H,2-3,8H2,1H3,(H2,9,10,11). The van der Waals surface area contributed by atoms with Gasteiger partial charge in [0.1, 0.15) is 6.54 Å². The minimum atomic E-state index is -2.43. The zero-order valence-electron chi connectivity index (χ0n) is 6.27. The fraction of sp³-hybridized carbons (Fsp3) is 0.800. The number of hydrogen-bond donors (Lipinski definition) is 3. The molecule has 0 radical (unpaired) electrons. The third-order valence-electron chi connectivity index (χ3n) is 0.868. The van der Waals surface area contributed by atoms with Crippen molar-refractivity contribution in [2.45, 2.75) is 13.3 Å². The third kappa shape index (κ3) is 5.53. The van der Waals surface area contributed by atoms with Gasteiger partial charge in [-0.15, -0.1) is 0 Å². The van der Waals surface area contributed by atoms with Crippen LogP contribution in [0.1, 0.15) is 6.92 Å². The van der Waals surface area contributed by atoms with E-state index < -0.39 is 13.0 Å². The first-order valence-electron chi connectivity index (χ1n) is 3.23. The molecule has 4 nitrogen and oxygen atoms in total. The molecule has 0 amide bonds. The molecule has 0 aromatic carbocycles. The van der Waals surface area contributed by atoms with Crippen LogP contribution in [-0.2, 0) is 0 Å². The molecule has 0 heterocycles. The quantitative estimate of drug-likeness (QED) is 0.233. The monoisotopic (exact) mass is 166 g/mol. The van der Waals surface area contributed by atoms with E-state index in [4.69, 9.17) is 5.84 Å². The van der Waals surface area contributed by atoms with Gasteiger partial charge < -0.3 is 5.32 Å². The number of nitrogens with two attached hydrogens (primary N) is 1. The van der Waals surface area contributed by atoms with Crippen molar-refractivity contribution >= 4 is 5.96 Å². The highest BCUT2D eigenvalue weighted by molar-refractivity contribution is 5.79. The van der Waals surface area contributed by atoms with Crippen LogP contribution < -0.4 is 16.6 Å². The van der Waals surface area contributed by atoms with Gasteiger partial charge in [-0.1, -0.05) is 0 Å². The number of hydrogen-bond acceptors (Lipinski definition) is 2. The van der Waals surface area contributed by atoms with Crippen molar-refractivity contribution in [3.8, 4) is 0 Å². The lowest BCUT2D eigenvalue weighted by molar-refractivity contribution is 0.158. The largest absolute Gasteiger partial charge is 0.356 e. The van der Waals surface area contributed by atoms with Crippen LogP contribution in [0.3, 0.4) is 0 Å². The van der Waals surface area contributed by atoms with Gasteiger partial charge in [0.05, 0.1) is 0 Å². The Morgan fingerprint density at radius 3 is 2.64 bits per heavy atom. The summed E-state index contributed by atoms with van der Waals surface area (Å²) in [7, 11) is 0. The molecule has 0 rings (SSSR count). The zero-order chi connectivity index (χ0) is 8.69. The molecule has 6 heteroatoms. The molecule has 0 aliphatic heterocycles. The second-order valence-corrected chi connectivity index (χ2v) is 1.76. The van der Waals surface area contributed by atoms with Crippen LogP contribution >= 0.6 is 0 Å². The lowest BCUT2D eigenvalue weighted by Gasteiger charge is -2.05. The Bertz CT molecular complexity index is 126. The molecule has 0 spiro atoms. The molecule has 0 saturated carbocycles. The number of nitrogens with zero attached hydrogens (tertiary/aromatic N) is 1. The van der Waals surface area contributed by atoms with Crippen LogP contribution in [0.4, 0.5) is 8.78 Å². The summed E-state index contributed by atoms with van der Waals surface area (Å²) in [5, 5.41) is 2.67. The van der Waals surface area contributed by atoms with Gasteiger partial charge in [-0.2, -0.15) is 0 Å². The highest BCUT2D eigenvalue weighted by Crippen LogP contribution is 1.90. The van der Waals surface area contributed by atoms with E-state index in [0.29, 0.717) is 6.54 Å². The fourth-order valence-electron chi connectivity index (χ4n) is 0.480. The van der Waals surface area contributed by atoms with Gasteiger partial charge in [0.15, 0.2) is 0 Å². The summed E-state index contributed by atoms with van der Waals surface area (Å²) in [5.41, 5.74) is 2.16. The maximum Gasteiger partial charge on any atom is 0.257 e. The number of hydrazine groups is 1. The van der Waals surface area contributed by atoms with E-state index in [1.165, 1.54) is 0 Å². The molecule has 0 saturated heterocycles. The van der Waals surface area contributed by atoms with Crippen molar-refractivity contribution in [2.24, 2.45) is 10.8 Å².